The van der Waals surface area contributed by atoms with Crippen LogP contribution in [-0.4, -0.2) is 40.9 Å². The molecule has 3 rings (SSSR count). The van der Waals surface area contributed by atoms with Gasteiger partial charge in [-0.1, -0.05) is 42.1 Å². The van der Waals surface area contributed by atoms with Crippen LogP contribution in [0.5, 0.6) is 0 Å². The number of fused-ring (bicyclic) bond motifs is 1. The lowest BCUT2D eigenvalue weighted by Crippen LogP contribution is -2.34. The minimum atomic E-state index is -0.312. The van der Waals surface area contributed by atoms with Gasteiger partial charge in [0.1, 0.15) is 4.91 Å². The molecule has 4 nitrogen and oxygen atoms in total. The van der Waals surface area contributed by atoms with Crippen LogP contribution in [0.3, 0.4) is 0 Å². The third kappa shape index (κ3) is 3.03. The Balaban J connectivity index is 1.82. The molecule has 1 aromatic carbocycles. The van der Waals surface area contributed by atoms with E-state index in [-0.39, 0.29) is 17.1 Å². The van der Waals surface area contributed by atoms with E-state index in [2.05, 4.69) is 0 Å². The number of hydrogen-bond donors (Lipinski definition) is 0. The van der Waals surface area contributed by atoms with Crippen molar-refractivity contribution < 1.29 is 14.3 Å². The summed E-state index contributed by atoms with van der Waals surface area (Å²) < 4.78 is 5.11. The highest BCUT2D eigenvalue weighted by atomic mass is 32.2. The Kier molecular flexibility index (Phi) is 4.78. The van der Waals surface area contributed by atoms with Crippen molar-refractivity contribution in [1.29, 1.82) is 0 Å². The number of hydrogen-bond acceptors (Lipinski definition) is 5. The maximum Gasteiger partial charge on any atom is 0.347 e. The Morgan fingerprint density at radius 2 is 2.14 bits per heavy atom. The smallest absolute Gasteiger partial charge is 0.347 e. The van der Waals surface area contributed by atoms with Crippen LogP contribution in [0.25, 0.3) is 0 Å². The molecule has 0 bridgehead atoms. The van der Waals surface area contributed by atoms with Gasteiger partial charge in [-0.2, -0.15) is 0 Å². The van der Waals surface area contributed by atoms with Crippen molar-refractivity contribution in [2.24, 2.45) is 0 Å². The van der Waals surface area contributed by atoms with Crippen LogP contribution in [0.1, 0.15) is 12.5 Å². The summed E-state index contributed by atoms with van der Waals surface area (Å²) in [7, 11) is 0. The fourth-order valence-corrected chi connectivity index (χ4v) is 4.99. The summed E-state index contributed by atoms with van der Waals surface area (Å²) in [5.41, 5.74) is 1.14. The van der Waals surface area contributed by atoms with Gasteiger partial charge in [-0.05, 0) is 18.9 Å². The van der Waals surface area contributed by atoms with Gasteiger partial charge in [0.05, 0.1) is 16.9 Å². The van der Waals surface area contributed by atoms with Gasteiger partial charge in [-0.25, -0.2) is 4.79 Å². The van der Waals surface area contributed by atoms with Crippen molar-refractivity contribution in [2.45, 2.75) is 18.6 Å². The van der Waals surface area contributed by atoms with Gasteiger partial charge in [-0.3, -0.25) is 4.79 Å². The Morgan fingerprint density at radius 1 is 1.36 bits per heavy atom. The molecular formula is C16H17NO3S2. The third-order valence-corrected chi connectivity index (χ3v) is 5.99. The van der Waals surface area contributed by atoms with E-state index in [9.17, 15) is 9.59 Å². The lowest BCUT2D eigenvalue weighted by molar-refractivity contribution is -0.137. The molecule has 116 valence electrons. The summed E-state index contributed by atoms with van der Waals surface area (Å²) >= 11 is 2.98. The van der Waals surface area contributed by atoms with Crippen LogP contribution in [0.4, 0.5) is 0 Å². The van der Waals surface area contributed by atoms with Crippen LogP contribution < -0.4 is 0 Å². The van der Waals surface area contributed by atoms with Crippen molar-refractivity contribution in [3.63, 3.8) is 0 Å². The molecule has 0 spiro atoms. The number of esters is 1. The third-order valence-electron chi connectivity index (χ3n) is 3.52. The highest BCUT2D eigenvalue weighted by molar-refractivity contribution is 8.08. The Morgan fingerprint density at radius 3 is 2.86 bits per heavy atom. The first kappa shape index (κ1) is 15.5. The van der Waals surface area contributed by atoms with E-state index in [4.69, 9.17) is 4.74 Å². The average molecular weight is 335 g/mol. The van der Waals surface area contributed by atoms with Gasteiger partial charge in [0.25, 0.3) is 0 Å². The molecule has 1 unspecified atom stereocenters. The van der Waals surface area contributed by atoms with Crippen molar-refractivity contribution in [3.05, 3.63) is 45.8 Å². The molecule has 1 amide bonds. The molecule has 1 atom stereocenters. The summed E-state index contributed by atoms with van der Waals surface area (Å²) in [4.78, 5) is 27.0. The summed E-state index contributed by atoms with van der Waals surface area (Å²) in [6, 6.07) is 9.98. The topological polar surface area (TPSA) is 46.6 Å². The maximum atomic E-state index is 12.6. The molecule has 22 heavy (non-hydrogen) atoms. The zero-order valence-electron chi connectivity index (χ0n) is 12.3. The van der Waals surface area contributed by atoms with Crippen molar-refractivity contribution in [1.82, 2.24) is 4.90 Å². The van der Waals surface area contributed by atoms with E-state index in [1.807, 2.05) is 30.3 Å². The number of rotatable bonds is 4. The van der Waals surface area contributed by atoms with Gasteiger partial charge >= 0.3 is 5.97 Å². The van der Waals surface area contributed by atoms with E-state index in [1.54, 1.807) is 11.8 Å². The van der Waals surface area contributed by atoms with Gasteiger partial charge < -0.3 is 9.64 Å². The van der Waals surface area contributed by atoms with E-state index >= 15 is 0 Å². The molecule has 1 saturated heterocycles. The monoisotopic (exact) mass is 335 g/mol. The first-order chi connectivity index (χ1) is 10.7. The van der Waals surface area contributed by atoms with Crippen LogP contribution in [0, 0.1) is 0 Å². The summed E-state index contributed by atoms with van der Waals surface area (Å²) in [5, 5.41) is 0.626. The fourth-order valence-electron chi connectivity index (χ4n) is 2.51. The maximum absolute atomic E-state index is 12.6. The Hall–Kier alpha value is -1.40. The number of nitrogens with zero attached hydrogens (tertiary/aromatic N) is 1. The average Bonchev–Trinajstić information content (AvgIpc) is 2.85. The van der Waals surface area contributed by atoms with Crippen molar-refractivity contribution >= 4 is 35.4 Å². The van der Waals surface area contributed by atoms with E-state index in [1.165, 1.54) is 23.5 Å². The van der Waals surface area contributed by atoms with Crippen LogP contribution >= 0.6 is 23.5 Å². The lowest BCUT2D eigenvalue weighted by Gasteiger charge is -2.24. The van der Waals surface area contributed by atoms with Gasteiger partial charge in [0, 0.05) is 12.3 Å². The van der Waals surface area contributed by atoms with Crippen LogP contribution in [-0.2, 0) is 20.7 Å². The minimum absolute atomic E-state index is 0.103. The quantitative estimate of drug-likeness (QED) is 0.792. The van der Waals surface area contributed by atoms with E-state index in [0.717, 1.165) is 16.3 Å². The first-order valence-electron chi connectivity index (χ1n) is 7.27. The molecule has 2 heterocycles. The molecular weight excluding hydrogens is 318 g/mol. The fraction of sp³-hybridized carbons (Fsp3) is 0.375. The number of thioether (sulfide) groups is 2. The van der Waals surface area contributed by atoms with Gasteiger partial charge in [-0.15, -0.1) is 11.8 Å². The Labute approximate surface area is 138 Å². The number of amides is 1. The molecule has 1 aromatic rings. The number of benzene rings is 1. The van der Waals surface area contributed by atoms with Crippen LogP contribution in [0.15, 0.2) is 40.3 Å². The zero-order valence-corrected chi connectivity index (χ0v) is 13.9. The zero-order chi connectivity index (χ0) is 15.5. The SMILES string of the molecule is CCOC(=O)C1=C2SC(Cc3ccccc3)C(=O)N2CCS1. The molecule has 2 aliphatic rings. The number of ether oxygens (including phenoxy) is 1. The molecule has 0 radical (unpaired) electrons. The molecule has 6 heteroatoms. The highest BCUT2D eigenvalue weighted by Crippen LogP contribution is 2.44. The summed E-state index contributed by atoms with van der Waals surface area (Å²) in [5.74, 6) is 0.529. The number of carbonyl (C=O) groups excluding carboxylic acids is 2. The minimum Gasteiger partial charge on any atom is -0.462 e. The second kappa shape index (κ2) is 6.79. The Bertz CT molecular complexity index is 615. The standard InChI is InChI=1S/C16H17NO3S2/c1-2-20-16(19)13-15-17(8-9-21-13)14(18)12(22-15)10-11-6-4-3-5-7-11/h3-7,12H,2,8-10H2,1H3. The van der Waals surface area contributed by atoms with Gasteiger partial charge in [0.2, 0.25) is 5.91 Å². The summed E-state index contributed by atoms with van der Waals surface area (Å²) in [6.45, 7) is 2.81. The van der Waals surface area contributed by atoms with E-state index in [0.29, 0.717) is 24.5 Å². The predicted molar refractivity (Wildman–Crippen MR) is 89.4 cm³/mol. The molecule has 1 fully saturated rings. The molecule has 0 aromatic heterocycles. The normalized spacial score (nSPS) is 21.0. The highest BCUT2D eigenvalue weighted by Gasteiger charge is 2.41. The van der Waals surface area contributed by atoms with Crippen molar-refractivity contribution in [2.75, 3.05) is 18.9 Å². The summed E-state index contributed by atoms with van der Waals surface area (Å²) in [6.07, 6.45) is 0.686. The molecule has 2 aliphatic heterocycles. The second-order valence-electron chi connectivity index (χ2n) is 4.99. The van der Waals surface area contributed by atoms with E-state index < -0.39 is 0 Å². The second-order valence-corrected chi connectivity index (χ2v) is 7.29. The first-order valence-corrected chi connectivity index (χ1v) is 9.13. The largest absolute Gasteiger partial charge is 0.462 e. The van der Waals surface area contributed by atoms with Gasteiger partial charge in [0.15, 0.2) is 0 Å². The van der Waals surface area contributed by atoms with Crippen LogP contribution in [0.2, 0.25) is 0 Å². The molecule has 0 N–H and O–H groups in total. The predicted octanol–water partition coefficient (Wildman–Crippen LogP) is 2.65. The number of carbonyl (C=O) groups is 2. The molecule has 0 saturated carbocycles. The lowest BCUT2D eigenvalue weighted by atomic mass is 10.1. The van der Waals surface area contributed by atoms with Crippen molar-refractivity contribution in [3.8, 4) is 0 Å². The molecule has 0 aliphatic carbocycles.